The minimum Gasteiger partial charge on any atom is -0.497 e. The maximum Gasteiger partial charge on any atom is 0.387 e. The SMILES string of the molecule is CCNC(=NCc1ccc(OC)cc1OC(F)F)NCCN(C)CCCOC. The predicted molar refractivity (Wildman–Crippen MR) is 106 cm³/mol. The van der Waals surface area contributed by atoms with Crippen molar-refractivity contribution in [3.05, 3.63) is 23.8 Å². The number of rotatable bonds is 13. The number of ether oxygens (including phenoxy) is 3. The van der Waals surface area contributed by atoms with Gasteiger partial charge in [-0.25, -0.2) is 4.99 Å². The molecule has 1 aromatic rings. The zero-order valence-electron chi connectivity index (χ0n) is 17.1. The number of aliphatic imine (C=N–C) groups is 1. The van der Waals surface area contributed by atoms with Crippen LogP contribution >= 0.6 is 0 Å². The van der Waals surface area contributed by atoms with E-state index in [9.17, 15) is 8.78 Å². The molecule has 160 valence electrons. The average molecular weight is 402 g/mol. The fourth-order valence-electron chi connectivity index (χ4n) is 2.46. The van der Waals surface area contributed by atoms with E-state index in [4.69, 9.17) is 9.47 Å². The maximum absolute atomic E-state index is 12.7. The third-order valence-corrected chi connectivity index (χ3v) is 3.92. The number of halogens is 2. The minimum absolute atomic E-state index is 0.0619. The van der Waals surface area contributed by atoms with Crippen molar-refractivity contribution in [3.8, 4) is 11.5 Å². The first kappa shape index (κ1) is 23.9. The van der Waals surface area contributed by atoms with Crippen molar-refractivity contribution in [1.29, 1.82) is 0 Å². The first-order valence-electron chi connectivity index (χ1n) is 9.31. The van der Waals surface area contributed by atoms with E-state index in [0.29, 0.717) is 30.4 Å². The molecule has 0 saturated carbocycles. The summed E-state index contributed by atoms with van der Waals surface area (Å²) >= 11 is 0. The Kier molecular flexibility index (Phi) is 11.9. The monoisotopic (exact) mass is 402 g/mol. The highest BCUT2D eigenvalue weighted by atomic mass is 19.3. The van der Waals surface area contributed by atoms with Crippen molar-refractivity contribution in [2.75, 3.05) is 54.1 Å². The van der Waals surface area contributed by atoms with Crippen LogP contribution in [0.15, 0.2) is 23.2 Å². The molecule has 1 rings (SSSR count). The standard InChI is InChI=1S/C19H32F2N4O3/c1-5-22-19(23-9-11-25(2)10-6-12-26-3)24-14-15-7-8-16(27-4)13-17(15)28-18(20)21/h7-8,13,18H,5-6,9-12,14H2,1-4H3,(H2,22,23,24). The highest BCUT2D eigenvalue weighted by molar-refractivity contribution is 5.79. The van der Waals surface area contributed by atoms with E-state index in [-0.39, 0.29) is 12.3 Å². The zero-order chi connectivity index (χ0) is 20.8. The first-order valence-corrected chi connectivity index (χ1v) is 9.31. The summed E-state index contributed by atoms with van der Waals surface area (Å²) in [5.74, 6) is 1.13. The number of hydrogen-bond acceptors (Lipinski definition) is 5. The van der Waals surface area contributed by atoms with Gasteiger partial charge in [-0.3, -0.25) is 0 Å². The number of hydrogen-bond donors (Lipinski definition) is 2. The largest absolute Gasteiger partial charge is 0.497 e. The second-order valence-corrected chi connectivity index (χ2v) is 6.12. The lowest BCUT2D eigenvalue weighted by Crippen LogP contribution is -2.41. The molecule has 0 spiro atoms. The van der Waals surface area contributed by atoms with E-state index < -0.39 is 6.61 Å². The molecule has 0 aliphatic rings. The van der Waals surface area contributed by atoms with Crippen molar-refractivity contribution < 1.29 is 23.0 Å². The van der Waals surface area contributed by atoms with Gasteiger partial charge in [-0.2, -0.15) is 8.78 Å². The van der Waals surface area contributed by atoms with E-state index in [0.717, 1.165) is 26.1 Å². The van der Waals surface area contributed by atoms with Crippen molar-refractivity contribution in [3.63, 3.8) is 0 Å². The highest BCUT2D eigenvalue weighted by Gasteiger charge is 2.11. The van der Waals surface area contributed by atoms with E-state index in [2.05, 4.69) is 25.3 Å². The summed E-state index contributed by atoms with van der Waals surface area (Å²) in [7, 11) is 5.22. The number of likely N-dealkylation sites (N-methyl/N-ethyl adjacent to an activating group) is 1. The molecule has 0 aliphatic heterocycles. The van der Waals surface area contributed by atoms with Gasteiger partial charge in [0.2, 0.25) is 0 Å². The molecule has 0 atom stereocenters. The molecule has 0 saturated heterocycles. The molecule has 0 aliphatic carbocycles. The average Bonchev–Trinajstić information content (AvgIpc) is 2.66. The van der Waals surface area contributed by atoms with Crippen molar-refractivity contribution in [1.82, 2.24) is 15.5 Å². The van der Waals surface area contributed by atoms with E-state index >= 15 is 0 Å². The fraction of sp³-hybridized carbons (Fsp3) is 0.632. The first-order chi connectivity index (χ1) is 13.5. The summed E-state index contributed by atoms with van der Waals surface area (Å²) in [5.41, 5.74) is 0.551. The molecule has 0 fully saturated rings. The smallest absolute Gasteiger partial charge is 0.387 e. The minimum atomic E-state index is -2.91. The van der Waals surface area contributed by atoms with Gasteiger partial charge >= 0.3 is 6.61 Å². The maximum atomic E-state index is 12.7. The number of guanidine groups is 1. The van der Waals surface area contributed by atoms with Gasteiger partial charge in [0, 0.05) is 51.5 Å². The van der Waals surface area contributed by atoms with Crippen LogP contribution in [-0.4, -0.2) is 71.5 Å². The molecule has 7 nitrogen and oxygen atoms in total. The highest BCUT2D eigenvalue weighted by Crippen LogP contribution is 2.27. The lowest BCUT2D eigenvalue weighted by molar-refractivity contribution is -0.0505. The Morgan fingerprint density at radius 3 is 2.64 bits per heavy atom. The second kappa shape index (κ2) is 14.0. The Balaban J connectivity index is 2.66. The van der Waals surface area contributed by atoms with Gasteiger partial charge in [-0.15, -0.1) is 0 Å². The molecule has 0 unspecified atom stereocenters. The third kappa shape index (κ3) is 9.70. The number of nitrogens with one attached hydrogen (secondary N) is 2. The number of alkyl halides is 2. The second-order valence-electron chi connectivity index (χ2n) is 6.12. The van der Waals surface area contributed by atoms with Gasteiger partial charge in [0.25, 0.3) is 0 Å². The Morgan fingerprint density at radius 1 is 1.21 bits per heavy atom. The fourth-order valence-corrected chi connectivity index (χ4v) is 2.46. The number of benzene rings is 1. The van der Waals surface area contributed by atoms with Crippen LogP contribution in [-0.2, 0) is 11.3 Å². The van der Waals surface area contributed by atoms with Gasteiger partial charge < -0.3 is 29.7 Å². The Hall–Kier alpha value is -2.13. The predicted octanol–water partition coefficient (Wildman–Crippen LogP) is 2.32. The molecule has 0 bridgehead atoms. The van der Waals surface area contributed by atoms with Crippen molar-refractivity contribution in [2.24, 2.45) is 4.99 Å². The molecule has 0 radical (unpaired) electrons. The van der Waals surface area contributed by atoms with Crippen molar-refractivity contribution in [2.45, 2.75) is 26.5 Å². The van der Waals surface area contributed by atoms with E-state index in [1.165, 1.54) is 13.2 Å². The van der Waals surface area contributed by atoms with Gasteiger partial charge in [-0.05, 0) is 32.5 Å². The van der Waals surface area contributed by atoms with Crippen LogP contribution in [0.4, 0.5) is 8.78 Å². The Bertz CT molecular complexity index is 588. The Labute approximate surface area is 166 Å². The quantitative estimate of drug-likeness (QED) is 0.300. The molecule has 0 aromatic heterocycles. The number of methoxy groups -OCH3 is 2. The van der Waals surface area contributed by atoms with Crippen LogP contribution in [0.2, 0.25) is 0 Å². The Morgan fingerprint density at radius 2 is 2.00 bits per heavy atom. The van der Waals surface area contributed by atoms with Gasteiger partial charge in [0.05, 0.1) is 13.7 Å². The zero-order valence-corrected chi connectivity index (χ0v) is 17.1. The van der Waals surface area contributed by atoms with Crippen LogP contribution in [0.5, 0.6) is 11.5 Å². The van der Waals surface area contributed by atoms with Gasteiger partial charge in [0.1, 0.15) is 11.5 Å². The molecule has 9 heteroatoms. The van der Waals surface area contributed by atoms with Crippen LogP contribution in [0, 0.1) is 0 Å². The summed E-state index contributed by atoms with van der Waals surface area (Å²) in [4.78, 5) is 6.67. The molecular weight excluding hydrogens is 370 g/mol. The van der Waals surface area contributed by atoms with E-state index in [1.54, 1.807) is 19.2 Å². The van der Waals surface area contributed by atoms with Crippen LogP contribution in [0.25, 0.3) is 0 Å². The summed E-state index contributed by atoms with van der Waals surface area (Å²) in [6.45, 7) is 3.19. The van der Waals surface area contributed by atoms with Crippen molar-refractivity contribution >= 4 is 5.96 Å². The van der Waals surface area contributed by atoms with Gasteiger partial charge in [-0.1, -0.05) is 0 Å². The molecule has 0 amide bonds. The summed E-state index contributed by atoms with van der Waals surface area (Å²) < 4.78 is 40.1. The molecular formula is C19H32F2N4O3. The van der Waals surface area contributed by atoms with Crippen LogP contribution in [0.3, 0.4) is 0 Å². The van der Waals surface area contributed by atoms with Crippen LogP contribution in [0.1, 0.15) is 18.9 Å². The summed E-state index contributed by atoms with van der Waals surface area (Å²) in [6.07, 6.45) is 0.978. The normalized spacial score (nSPS) is 11.8. The summed E-state index contributed by atoms with van der Waals surface area (Å²) in [5, 5.41) is 6.40. The van der Waals surface area contributed by atoms with Gasteiger partial charge in [0.15, 0.2) is 5.96 Å². The molecule has 1 aromatic carbocycles. The molecule has 0 heterocycles. The number of nitrogens with zero attached hydrogens (tertiary/aromatic N) is 2. The van der Waals surface area contributed by atoms with Crippen LogP contribution < -0.4 is 20.1 Å². The topological polar surface area (TPSA) is 67.4 Å². The van der Waals surface area contributed by atoms with E-state index in [1.807, 2.05) is 14.0 Å². The molecule has 28 heavy (non-hydrogen) atoms. The molecule has 2 N–H and O–H groups in total. The third-order valence-electron chi connectivity index (χ3n) is 3.92. The summed E-state index contributed by atoms with van der Waals surface area (Å²) in [6, 6.07) is 4.80. The lowest BCUT2D eigenvalue weighted by Gasteiger charge is -2.18. The lowest BCUT2D eigenvalue weighted by atomic mass is 10.2.